The Kier molecular flexibility index (Phi) is 6.66. The lowest BCUT2D eigenvalue weighted by atomic mass is 10.1. The predicted octanol–water partition coefficient (Wildman–Crippen LogP) is 5.10. The summed E-state index contributed by atoms with van der Waals surface area (Å²) >= 11 is 6.67. The van der Waals surface area contributed by atoms with Crippen molar-refractivity contribution in [1.82, 2.24) is 10.3 Å². The molecule has 172 valence electrons. The molecule has 0 aliphatic rings. The second-order valence-corrected chi connectivity index (χ2v) is 8.44. The summed E-state index contributed by atoms with van der Waals surface area (Å²) in [6, 6.07) is 16.4. The molecule has 34 heavy (non-hydrogen) atoms. The first-order valence-electron chi connectivity index (χ1n) is 10.1. The lowest BCUT2D eigenvalue weighted by Crippen LogP contribution is -2.34. The molecule has 4 rings (SSSR count). The SMILES string of the molecule is CCOc1ccc(C(=O)NC(=S)Nc2ccc(O)c(-c3nc4ccccc4s3)c2)cc1[N+](=O)[O-]. The van der Waals surface area contributed by atoms with Crippen LogP contribution in [0.3, 0.4) is 0 Å². The number of phenolic OH excluding ortho intramolecular Hbond substituents is 1. The van der Waals surface area contributed by atoms with Crippen LogP contribution in [0.15, 0.2) is 60.7 Å². The van der Waals surface area contributed by atoms with Gasteiger partial charge >= 0.3 is 5.69 Å². The van der Waals surface area contributed by atoms with Gasteiger partial charge in [0.15, 0.2) is 10.9 Å². The van der Waals surface area contributed by atoms with Gasteiger partial charge in [0.05, 0.1) is 27.3 Å². The quantitative estimate of drug-likeness (QED) is 0.146. The van der Waals surface area contributed by atoms with E-state index in [-0.39, 0.29) is 34.5 Å². The Morgan fingerprint density at radius 3 is 2.74 bits per heavy atom. The highest BCUT2D eigenvalue weighted by Gasteiger charge is 2.19. The summed E-state index contributed by atoms with van der Waals surface area (Å²) in [5.74, 6) is -0.480. The van der Waals surface area contributed by atoms with Gasteiger partial charge in [0.25, 0.3) is 5.91 Å². The normalized spacial score (nSPS) is 10.6. The Bertz CT molecular complexity index is 1390. The van der Waals surface area contributed by atoms with E-state index in [1.807, 2.05) is 24.3 Å². The fourth-order valence-electron chi connectivity index (χ4n) is 3.19. The fraction of sp³-hybridized carbons (Fsp3) is 0.0870. The highest BCUT2D eigenvalue weighted by molar-refractivity contribution is 7.80. The molecule has 1 amide bonds. The number of rotatable bonds is 6. The first kappa shape index (κ1) is 23.1. The average molecular weight is 495 g/mol. The molecule has 1 aromatic heterocycles. The lowest BCUT2D eigenvalue weighted by molar-refractivity contribution is -0.385. The molecule has 3 N–H and O–H groups in total. The van der Waals surface area contributed by atoms with Crippen LogP contribution >= 0.6 is 23.6 Å². The minimum absolute atomic E-state index is 0.0116. The number of ether oxygens (including phenoxy) is 1. The first-order valence-corrected chi connectivity index (χ1v) is 11.3. The number of para-hydroxylation sites is 1. The third-order valence-corrected chi connectivity index (χ3v) is 6.00. The van der Waals surface area contributed by atoms with Crippen molar-refractivity contribution in [1.29, 1.82) is 0 Å². The first-order chi connectivity index (χ1) is 16.4. The van der Waals surface area contributed by atoms with Crippen molar-refractivity contribution in [2.45, 2.75) is 6.92 Å². The number of anilines is 1. The number of fused-ring (bicyclic) bond motifs is 1. The number of benzene rings is 3. The molecular formula is C23H18N4O5S2. The number of carbonyl (C=O) groups excluding carboxylic acids is 1. The van der Waals surface area contributed by atoms with Gasteiger partial charge in [0, 0.05) is 17.3 Å². The van der Waals surface area contributed by atoms with E-state index in [1.54, 1.807) is 19.1 Å². The molecule has 0 aliphatic carbocycles. The van der Waals surface area contributed by atoms with Crippen LogP contribution in [0.4, 0.5) is 11.4 Å². The van der Waals surface area contributed by atoms with Gasteiger partial charge in [-0.2, -0.15) is 0 Å². The Morgan fingerprint density at radius 2 is 2.00 bits per heavy atom. The number of aromatic hydroxyl groups is 1. The summed E-state index contributed by atoms with van der Waals surface area (Å²) in [4.78, 5) is 27.8. The zero-order chi connectivity index (χ0) is 24.2. The summed E-state index contributed by atoms with van der Waals surface area (Å²) in [7, 11) is 0. The zero-order valence-electron chi connectivity index (χ0n) is 17.8. The molecule has 0 bridgehead atoms. The van der Waals surface area contributed by atoms with Crippen LogP contribution in [0, 0.1) is 10.1 Å². The van der Waals surface area contributed by atoms with E-state index in [0.717, 1.165) is 16.3 Å². The molecule has 0 unspecified atom stereocenters. The zero-order valence-corrected chi connectivity index (χ0v) is 19.4. The van der Waals surface area contributed by atoms with Crippen molar-refractivity contribution in [3.63, 3.8) is 0 Å². The van der Waals surface area contributed by atoms with Crippen LogP contribution in [0.5, 0.6) is 11.5 Å². The standard InChI is InChI=1S/C23H18N4O5S2/c1-2-32-19-10-7-13(11-17(19)27(30)31)21(29)26-23(33)24-14-8-9-18(28)15(12-14)22-25-16-5-3-4-6-20(16)34-22/h3-12,28H,2H2,1H3,(H2,24,26,29,33). The van der Waals surface area contributed by atoms with Crippen LogP contribution in [-0.2, 0) is 0 Å². The van der Waals surface area contributed by atoms with Crippen LogP contribution in [0.25, 0.3) is 20.8 Å². The number of carbonyl (C=O) groups is 1. The molecule has 1 heterocycles. The summed E-state index contributed by atoms with van der Waals surface area (Å²) in [6.45, 7) is 1.96. The van der Waals surface area contributed by atoms with Crippen LogP contribution < -0.4 is 15.4 Å². The minimum atomic E-state index is -0.617. The van der Waals surface area contributed by atoms with Crippen molar-refractivity contribution in [2.75, 3.05) is 11.9 Å². The number of aromatic nitrogens is 1. The van der Waals surface area contributed by atoms with Gasteiger partial charge in [0.1, 0.15) is 10.8 Å². The Balaban J connectivity index is 1.50. The largest absolute Gasteiger partial charge is 0.507 e. The number of hydrogen-bond donors (Lipinski definition) is 3. The monoisotopic (exact) mass is 494 g/mol. The number of thiazole rings is 1. The van der Waals surface area contributed by atoms with Gasteiger partial charge in [-0.05, 0) is 61.6 Å². The Hall–Kier alpha value is -4.09. The number of phenols is 1. The van der Waals surface area contributed by atoms with E-state index in [0.29, 0.717) is 16.3 Å². The second-order valence-electron chi connectivity index (χ2n) is 7.00. The molecule has 0 fully saturated rings. The summed E-state index contributed by atoms with van der Waals surface area (Å²) in [5.41, 5.74) is 1.61. The predicted molar refractivity (Wildman–Crippen MR) is 135 cm³/mol. The van der Waals surface area contributed by atoms with Crippen molar-refractivity contribution in [2.24, 2.45) is 0 Å². The van der Waals surface area contributed by atoms with Crippen molar-refractivity contribution in [3.8, 4) is 22.1 Å². The molecule has 0 atom stereocenters. The van der Waals surface area contributed by atoms with Gasteiger partial charge < -0.3 is 15.2 Å². The average Bonchev–Trinajstić information content (AvgIpc) is 3.24. The molecule has 11 heteroatoms. The number of hydrogen-bond acceptors (Lipinski definition) is 8. The molecular weight excluding hydrogens is 476 g/mol. The van der Waals surface area contributed by atoms with E-state index < -0.39 is 10.8 Å². The van der Waals surface area contributed by atoms with Gasteiger partial charge in [-0.15, -0.1) is 11.3 Å². The highest BCUT2D eigenvalue weighted by Crippen LogP contribution is 2.36. The third kappa shape index (κ3) is 4.95. The van der Waals surface area contributed by atoms with Crippen LogP contribution in [-0.4, -0.2) is 32.6 Å². The number of nitrogens with one attached hydrogen (secondary N) is 2. The molecule has 0 aliphatic heterocycles. The number of amides is 1. The third-order valence-electron chi connectivity index (χ3n) is 4.72. The topological polar surface area (TPSA) is 127 Å². The number of nitro groups is 1. The highest BCUT2D eigenvalue weighted by atomic mass is 32.1. The number of nitro benzene ring substituents is 1. The van der Waals surface area contributed by atoms with Gasteiger partial charge in [-0.1, -0.05) is 12.1 Å². The van der Waals surface area contributed by atoms with Crippen LogP contribution in [0.2, 0.25) is 0 Å². The minimum Gasteiger partial charge on any atom is -0.507 e. The van der Waals surface area contributed by atoms with E-state index in [2.05, 4.69) is 15.6 Å². The van der Waals surface area contributed by atoms with E-state index >= 15 is 0 Å². The Morgan fingerprint density at radius 1 is 1.21 bits per heavy atom. The maximum absolute atomic E-state index is 12.6. The van der Waals surface area contributed by atoms with Gasteiger partial charge in [0.2, 0.25) is 0 Å². The molecule has 0 saturated heterocycles. The van der Waals surface area contributed by atoms with Crippen LogP contribution in [0.1, 0.15) is 17.3 Å². The molecule has 0 saturated carbocycles. The van der Waals surface area contributed by atoms with E-state index in [1.165, 1.54) is 29.5 Å². The summed E-state index contributed by atoms with van der Waals surface area (Å²) in [5, 5.41) is 27.7. The molecule has 9 nitrogen and oxygen atoms in total. The maximum atomic E-state index is 12.6. The molecule has 0 radical (unpaired) electrons. The van der Waals surface area contributed by atoms with Gasteiger partial charge in [-0.3, -0.25) is 20.2 Å². The Labute approximate surface area is 203 Å². The number of nitrogens with zero attached hydrogens (tertiary/aromatic N) is 2. The lowest BCUT2D eigenvalue weighted by Gasteiger charge is -2.11. The smallest absolute Gasteiger partial charge is 0.311 e. The molecule has 3 aromatic carbocycles. The van der Waals surface area contributed by atoms with E-state index in [9.17, 15) is 20.0 Å². The van der Waals surface area contributed by atoms with Crippen molar-refractivity contribution >= 4 is 56.2 Å². The van der Waals surface area contributed by atoms with Gasteiger partial charge in [-0.25, -0.2) is 4.98 Å². The number of thiocarbonyl (C=S) groups is 1. The molecule has 0 spiro atoms. The van der Waals surface area contributed by atoms with E-state index in [4.69, 9.17) is 17.0 Å². The maximum Gasteiger partial charge on any atom is 0.311 e. The second kappa shape index (κ2) is 9.81. The molecule has 4 aromatic rings. The van der Waals surface area contributed by atoms with Crippen molar-refractivity contribution < 1.29 is 19.6 Å². The fourth-order valence-corrected chi connectivity index (χ4v) is 4.39. The summed E-state index contributed by atoms with van der Waals surface area (Å²) in [6.07, 6.45) is 0. The summed E-state index contributed by atoms with van der Waals surface area (Å²) < 4.78 is 6.22. The van der Waals surface area contributed by atoms with Crippen molar-refractivity contribution in [3.05, 3.63) is 76.3 Å².